The molecule has 0 fully saturated rings. The Kier molecular flexibility index (Phi) is 5.84. The third-order valence-electron chi connectivity index (χ3n) is 2.34. The smallest absolute Gasteiger partial charge is 0.271 e. The second kappa shape index (κ2) is 7.15. The van der Waals surface area contributed by atoms with E-state index in [1.54, 1.807) is 13.0 Å². The van der Waals surface area contributed by atoms with Crippen LogP contribution in [-0.4, -0.2) is 35.8 Å². The largest absolute Gasteiger partial charge is 0.388 e. The Hall–Kier alpha value is -1.37. The maximum Gasteiger partial charge on any atom is 0.271 e. The highest BCUT2D eigenvalue weighted by molar-refractivity contribution is 6.33. The van der Waals surface area contributed by atoms with E-state index in [1.807, 2.05) is 5.32 Å². The Morgan fingerprint density at radius 3 is 2.89 bits per heavy atom. The van der Waals surface area contributed by atoms with Crippen LogP contribution in [0.4, 0.5) is 11.4 Å². The van der Waals surface area contributed by atoms with Crippen molar-refractivity contribution >= 4 is 23.0 Å². The van der Waals surface area contributed by atoms with E-state index in [1.165, 1.54) is 12.1 Å². The molecule has 0 unspecified atom stereocenters. The molecule has 0 radical (unpaired) electrons. The van der Waals surface area contributed by atoms with Crippen LogP contribution in [0.15, 0.2) is 18.2 Å². The Bertz CT molecular complexity index is 413. The number of rotatable bonds is 7. The fourth-order valence-corrected chi connectivity index (χ4v) is 1.67. The van der Waals surface area contributed by atoms with Gasteiger partial charge in [0.25, 0.3) is 5.69 Å². The minimum Gasteiger partial charge on any atom is -0.388 e. The van der Waals surface area contributed by atoms with Gasteiger partial charge >= 0.3 is 0 Å². The monoisotopic (exact) mass is 274 g/mol. The van der Waals surface area contributed by atoms with E-state index in [9.17, 15) is 10.1 Å². The summed E-state index contributed by atoms with van der Waals surface area (Å²) in [7, 11) is 0. The lowest BCUT2D eigenvalue weighted by Crippen LogP contribution is -2.87. The van der Waals surface area contributed by atoms with Crippen LogP contribution in [0.1, 0.15) is 6.92 Å². The summed E-state index contributed by atoms with van der Waals surface area (Å²) >= 11 is 5.92. The molecule has 0 aliphatic carbocycles. The lowest BCUT2D eigenvalue weighted by molar-refractivity contribution is -0.657. The van der Waals surface area contributed by atoms with Crippen LogP contribution in [0, 0.1) is 10.1 Å². The van der Waals surface area contributed by atoms with Gasteiger partial charge in [0.15, 0.2) is 0 Å². The van der Waals surface area contributed by atoms with Crippen LogP contribution in [0.3, 0.4) is 0 Å². The maximum atomic E-state index is 10.5. The van der Waals surface area contributed by atoms with Gasteiger partial charge in [-0.2, -0.15) is 0 Å². The molecule has 1 aromatic carbocycles. The number of halogens is 1. The minimum absolute atomic E-state index is 0.0220. The first-order chi connectivity index (χ1) is 8.50. The maximum absolute atomic E-state index is 10.5. The van der Waals surface area contributed by atoms with Crippen LogP contribution < -0.4 is 10.6 Å². The molecule has 1 atom stereocenters. The van der Waals surface area contributed by atoms with Crippen molar-refractivity contribution in [3.63, 3.8) is 0 Å². The molecule has 0 heterocycles. The van der Waals surface area contributed by atoms with E-state index in [4.69, 9.17) is 16.7 Å². The van der Waals surface area contributed by atoms with E-state index < -0.39 is 4.92 Å². The number of hydrogen-bond donors (Lipinski definition) is 3. The second-order valence-electron chi connectivity index (χ2n) is 4.01. The third kappa shape index (κ3) is 4.87. The molecule has 0 aliphatic heterocycles. The first-order valence-electron chi connectivity index (χ1n) is 5.68. The molecule has 1 rings (SSSR count). The van der Waals surface area contributed by atoms with Crippen LogP contribution in [0.5, 0.6) is 0 Å². The summed E-state index contributed by atoms with van der Waals surface area (Å²) in [6.07, 6.45) is -0.326. The minimum atomic E-state index is -0.480. The number of non-ortho nitro benzene ring substituents is 1. The summed E-state index contributed by atoms with van der Waals surface area (Å²) in [5, 5.41) is 25.0. The highest BCUT2D eigenvalue weighted by atomic mass is 35.5. The van der Waals surface area contributed by atoms with Gasteiger partial charge in [0.1, 0.15) is 6.54 Å². The highest BCUT2D eigenvalue weighted by Gasteiger charge is 2.09. The van der Waals surface area contributed by atoms with Crippen LogP contribution >= 0.6 is 11.6 Å². The van der Waals surface area contributed by atoms with Gasteiger partial charge in [0, 0.05) is 12.1 Å². The number of nitro benzene ring substituents is 1. The molecule has 18 heavy (non-hydrogen) atoms. The predicted molar refractivity (Wildman–Crippen MR) is 69.9 cm³/mol. The molecule has 6 nitrogen and oxygen atoms in total. The van der Waals surface area contributed by atoms with Crippen molar-refractivity contribution in [2.75, 3.05) is 25.0 Å². The van der Waals surface area contributed by atoms with E-state index >= 15 is 0 Å². The van der Waals surface area contributed by atoms with Crippen molar-refractivity contribution in [2.24, 2.45) is 0 Å². The van der Waals surface area contributed by atoms with Crippen LogP contribution in [-0.2, 0) is 0 Å². The van der Waals surface area contributed by atoms with Crippen molar-refractivity contribution in [1.29, 1.82) is 0 Å². The highest BCUT2D eigenvalue weighted by Crippen LogP contribution is 2.26. The molecular formula is C11H17ClN3O3+. The molecule has 100 valence electrons. The first kappa shape index (κ1) is 14.7. The average Bonchev–Trinajstić information content (AvgIpc) is 2.29. The van der Waals surface area contributed by atoms with E-state index in [0.717, 1.165) is 6.54 Å². The summed E-state index contributed by atoms with van der Waals surface area (Å²) in [6.45, 7) is 3.84. The number of nitrogens with zero attached hydrogens (tertiary/aromatic N) is 1. The van der Waals surface area contributed by atoms with Crippen molar-refractivity contribution in [1.82, 2.24) is 0 Å². The first-order valence-corrected chi connectivity index (χ1v) is 6.06. The average molecular weight is 275 g/mol. The topological polar surface area (TPSA) is 92.0 Å². The summed E-state index contributed by atoms with van der Waals surface area (Å²) in [5.74, 6) is 0. The molecular weight excluding hydrogens is 258 g/mol. The lowest BCUT2D eigenvalue weighted by atomic mass is 10.3. The Balaban J connectivity index is 2.41. The molecule has 0 aromatic heterocycles. The van der Waals surface area contributed by atoms with Crippen LogP contribution in [0.25, 0.3) is 0 Å². The molecule has 0 amide bonds. The zero-order valence-electron chi connectivity index (χ0n) is 10.1. The SMILES string of the molecule is C[C@H](O)C[NH2+]CCNc1ccc([N+](=O)[O-])cc1Cl. The number of benzene rings is 1. The molecule has 0 bridgehead atoms. The number of nitrogens with two attached hydrogens (primary N) is 1. The van der Waals surface area contributed by atoms with E-state index in [0.29, 0.717) is 23.8 Å². The van der Waals surface area contributed by atoms with Gasteiger partial charge in [-0.3, -0.25) is 10.1 Å². The lowest BCUT2D eigenvalue weighted by Gasteiger charge is -2.08. The van der Waals surface area contributed by atoms with Gasteiger partial charge in [-0.15, -0.1) is 0 Å². The summed E-state index contributed by atoms with van der Waals surface area (Å²) < 4.78 is 0. The zero-order chi connectivity index (χ0) is 13.5. The van der Waals surface area contributed by atoms with Gasteiger partial charge in [-0.25, -0.2) is 0 Å². The van der Waals surface area contributed by atoms with Gasteiger partial charge in [-0.1, -0.05) is 11.6 Å². The Labute approximate surface area is 110 Å². The number of aliphatic hydroxyl groups excluding tert-OH is 1. The third-order valence-corrected chi connectivity index (χ3v) is 2.65. The number of nitro groups is 1. The zero-order valence-corrected chi connectivity index (χ0v) is 10.9. The Morgan fingerprint density at radius 2 is 2.33 bits per heavy atom. The van der Waals surface area contributed by atoms with Gasteiger partial charge in [0.05, 0.1) is 34.8 Å². The molecule has 0 saturated heterocycles. The number of anilines is 1. The quantitative estimate of drug-likeness (QED) is 0.386. The van der Waals surface area contributed by atoms with Crippen LogP contribution in [0.2, 0.25) is 5.02 Å². The van der Waals surface area contributed by atoms with Gasteiger partial charge < -0.3 is 15.7 Å². The molecule has 0 aliphatic rings. The van der Waals surface area contributed by atoms with Crippen molar-refractivity contribution in [3.8, 4) is 0 Å². The predicted octanol–water partition coefficient (Wildman–Crippen LogP) is 0.604. The normalized spacial score (nSPS) is 12.2. The fraction of sp³-hybridized carbons (Fsp3) is 0.455. The number of aliphatic hydroxyl groups is 1. The number of nitrogens with one attached hydrogen (secondary N) is 1. The molecule has 1 aromatic rings. The number of quaternary nitrogens is 1. The van der Waals surface area contributed by atoms with Gasteiger partial charge in [0.2, 0.25) is 0 Å². The van der Waals surface area contributed by atoms with Gasteiger partial charge in [-0.05, 0) is 13.0 Å². The molecule has 4 N–H and O–H groups in total. The second-order valence-corrected chi connectivity index (χ2v) is 4.42. The molecule has 0 saturated carbocycles. The van der Waals surface area contributed by atoms with Crippen molar-refractivity contribution < 1.29 is 15.3 Å². The summed E-state index contributed by atoms with van der Waals surface area (Å²) in [6, 6.07) is 4.33. The van der Waals surface area contributed by atoms with Crippen molar-refractivity contribution in [3.05, 3.63) is 33.3 Å². The van der Waals surface area contributed by atoms with E-state index in [-0.39, 0.29) is 11.8 Å². The Morgan fingerprint density at radius 1 is 1.61 bits per heavy atom. The van der Waals surface area contributed by atoms with E-state index in [2.05, 4.69) is 5.32 Å². The van der Waals surface area contributed by atoms with Crippen molar-refractivity contribution in [2.45, 2.75) is 13.0 Å². The number of hydrogen-bond acceptors (Lipinski definition) is 4. The summed E-state index contributed by atoms with van der Waals surface area (Å²) in [4.78, 5) is 10.0. The summed E-state index contributed by atoms with van der Waals surface area (Å²) in [5.41, 5.74) is 0.652. The molecule has 7 heteroatoms. The molecule has 0 spiro atoms. The standard InChI is InChI=1S/C11H16ClN3O3/c1-8(16)7-13-4-5-14-11-3-2-9(15(17)18)6-10(11)12/h2-3,6,8,13-14,16H,4-5,7H2,1H3/p+1/t8-/m0/s1. The fourth-order valence-electron chi connectivity index (χ4n) is 1.43.